The van der Waals surface area contributed by atoms with Gasteiger partial charge in [-0.1, -0.05) is 18.2 Å². The molecule has 1 unspecified atom stereocenters. The molecule has 0 amide bonds. The highest BCUT2D eigenvalue weighted by atomic mass is 32.2. The summed E-state index contributed by atoms with van der Waals surface area (Å²) in [6.45, 7) is 2.26. The quantitative estimate of drug-likeness (QED) is 0.788. The SMILES string of the molecule is CCOCCS(=O)(=O)N1c2ccccc2CC1C(=O)O. The van der Waals surface area contributed by atoms with Crippen molar-refractivity contribution in [3.63, 3.8) is 0 Å². The molecular formula is C13H17NO5S. The molecule has 1 heterocycles. The Balaban J connectivity index is 2.33. The highest BCUT2D eigenvalue weighted by molar-refractivity contribution is 7.92. The number of hydrogen-bond acceptors (Lipinski definition) is 4. The lowest BCUT2D eigenvalue weighted by Crippen LogP contribution is -2.44. The van der Waals surface area contributed by atoms with E-state index < -0.39 is 22.0 Å². The van der Waals surface area contributed by atoms with E-state index in [-0.39, 0.29) is 18.8 Å². The second-order valence-electron chi connectivity index (χ2n) is 4.50. The lowest BCUT2D eigenvalue weighted by atomic mass is 10.1. The Bertz CT molecular complexity index is 599. The van der Waals surface area contributed by atoms with Crippen LogP contribution in [0, 0.1) is 0 Å². The van der Waals surface area contributed by atoms with Gasteiger partial charge in [0.05, 0.1) is 18.0 Å². The normalized spacial score (nSPS) is 18.1. The zero-order valence-corrected chi connectivity index (χ0v) is 12.0. The summed E-state index contributed by atoms with van der Waals surface area (Å²) < 4.78 is 30.8. The monoisotopic (exact) mass is 299 g/mol. The van der Waals surface area contributed by atoms with Crippen LogP contribution >= 0.6 is 0 Å². The van der Waals surface area contributed by atoms with Crippen LogP contribution in [0.4, 0.5) is 5.69 Å². The van der Waals surface area contributed by atoms with Crippen molar-refractivity contribution >= 4 is 21.7 Å². The standard InChI is InChI=1S/C13H17NO5S/c1-2-19-7-8-20(17,18)14-11-6-4-3-5-10(11)9-12(14)13(15)16/h3-6,12H,2,7-9H2,1H3,(H,15,16). The third-order valence-electron chi connectivity index (χ3n) is 3.20. The van der Waals surface area contributed by atoms with Gasteiger partial charge in [-0.05, 0) is 18.6 Å². The van der Waals surface area contributed by atoms with Crippen LogP contribution in [-0.2, 0) is 26.0 Å². The van der Waals surface area contributed by atoms with E-state index in [1.165, 1.54) is 0 Å². The summed E-state index contributed by atoms with van der Waals surface area (Å²) in [5, 5.41) is 9.25. The largest absolute Gasteiger partial charge is 0.480 e. The molecule has 2 rings (SSSR count). The molecule has 0 aliphatic carbocycles. The Morgan fingerprint density at radius 2 is 2.15 bits per heavy atom. The molecule has 1 aliphatic heterocycles. The van der Waals surface area contributed by atoms with E-state index in [9.17, 15) is 18.3 Å². The van der Waals surface area contributed by atoms with Crippen molar-refractivity contribution in [1.29, 1.82) is 0 Å². The Labute approximate surface area is 118 Å². The Hall–Kier alpha value is -1.60. The zero-order chi connectivity index (χ0) is 14.8. The first-order valence-corrected chi connectivity index (χ1v) is 7.99. The van der Waals surface area contributed by atoms with Gasteiger partial charge >= 0.3 is 5.97 Å². The number of fused-ring (bicyclic) bond motifs is 1. The van der Waals surface area contributed by atoms with Crippen molar-refractivity contribution in [1.82, 2.24) is 0 Å². The van der Waals surface area contributed by atoms with Crippen LogP contribution in [0.1, 0.15) is 12.5 Å². The van der Waals surface area contributed by atoms with Crippen LogP contribution in [0.2, 0.25) is 0 Å². The van der Waals surface area contributed by atoms with E-state index in [4.69, 9.17) is 4.74 Å². The van der Waals surface area contributed by atoms with E-state index in [0.29, 0.717) is 12.3 Å². The van der Waals surface area contributed by atoms with Crippen molar-refractivity contribution in [2.75, 3.05) is 23.3 Å². The van der Waals surface area contributed by atoms with Crippen molar-refractivity contribution in [2.24, 2.45) is 0 Å². The molecule has 1 atom stereocenters. The predicted molar refractivity (Wildman–Crippen MR) is 74.3 cm³/mol. The number of carboxylic acid groups (broad SMARTS) is 1. The summed E-state index contributed by atoms with van der Waals surface area (Å²) in [6.07, 6.45) is 0.194. The van der Waals surface area contributed by atoms with Gasteiger partial charge in [0.15, 0.2) is 0 Å². The van der Waals surface area contributed by atoms with E-state index in [0.717, 1.165) is 9.87 Å². The first-order chi connectivity index (χ1) is 9.47. The van der Waals surface area contributed by atoms with Crippen LogP contribution < -0.4 is 4.31 Å². The Kier molecular flexibility index (Phi) is 4.29. The van der Waals surface area contributed by atoms with Gasteiger partial charge in [-0.2, -0.15) is 0 Å². The highest BCUT2D eigenvalue weighted by Gasteiger charge is 2.41. The minimum atomic E-state index is -3.71. The molecule has 0 bridgehead atoms. The molecule has 0 radical (unpaired) electrons. The molecule has 0 fully saturated rings. The predicted octanol–water partition coefficient (Wildman–Crippen LogP) is 0.869. The van der Waals surface area contributed by atoms with Crippen molar-refractivity contribution in [3.8, 4) is 0 Å². The van der Waals surface area contributed by atoms with Gasteiger partial charge < -0.3 is 9.84 Å². The van der Waals surface area contributed by atoms with Gasteiger partial charge in [-0.15, -0.1) is 0 Å². The van der Waals surface area contributed by atoms with Gasteiger partial charge in [0.2, 0.25) is 10.0 Å². The number of hydrogen-bond donors (Lipinski definition) is 1. The summed E-state index contributed by atoms with van der Waals surface area (Å²) in [5.74, 6) is -1.36. The molecule has 0 spiro atoms. The van der Waals surface area contributed by atoms with Crippen LogP contribution in [-0.4, -0.2) is 44.5 Å². The second kappa shape index (κ2) is 5.80. The molecule has 0 saturated carbocycles. The van der Waals surface area contributed by atoms with Gasteiger partial charge in [0.1, 0.15) is 6.04 Å². The third kappa shape index (κ3) is 2.78. The second-order valence-corrected chi connectivity index (χ2v) is 6.46. The minimum Gasteiger partial charge on any atom is -0.480 e. The summed E-state index contributed by atoms with van der Waals surface area (Å²) in [4.78, 5) is 11.3. The summed E-state index contributed by atoms with van der Waals surface area (Å²) in [5.41, 5.74) is 1.19. The number of sulfonamides is 1. The smallest absolute Gasteiger partial charge is 0.327 e. The van der Waals surface area contributed by atoms with Crippen LogP contribution in [0.3, 0.4) is 0 Å². The van der Waals surface area contributed by atoms with Crippen molar-refractivity contribution < 1.29 is 23.1 Å². The maximum absolute atomic E-state index is 12.4. The lowest BCUT2D eigenvalue weighted by molar-refractivity contribution is -0.138. The number of benzene rings is 1. The minimum absolute atomic E-state index is 0.0594. The number of rotatable bonds is 6. The van der Waals surface area contributed by atoms with E-state index in [1.54, 1.807) is 31.2 Å². The number of nitrogens with zero attached hydrogens (tertiary/aromatic N) is 1. The fraction of sp³-hybridized carbons (Fsp3) is 0.462. The van der Waals surface area contributed by atoms with Gasteiger partial charge in [-0.3, -0.25) is 4.31 Å². The van der Waals surface area contributed by atoms with Crippen LogP contribution in [0.15, 0.2) is 24.3 Å². The first-order valence-electron chi connectivity index (χ1n) is 6.38. The van der Waals surface area contributed by atoms with Gasteiger partial charge in [0.25, 0.3) is 0 Å². The topological polar surface area (TPSA) is 83.9 Å². The fourth-order valence-electron chi connectivity index (χ4n) is 2.30. The molecule has 1 aromatic rings. The lowest BCUT2D eigenvalue weighted by Gasteiger charge is -2.24. The molecule has 7 heteroatoms. The molecule has 1 N–H and O–H groups in total. The zero-order valence-electron chi connectivity index (χ0n) is 11.2. The molecule has 20 heavy (non-hydrogen) atoms. The molecule has 6 nitrogen and oxygen atoms in total. The number of carbonyl (C=O) groups is 1. The van der Waals surface area contributed by atoms with Crippen LogP contribution in [0.5, 0.6) is 0 Å². The number of anilines is 1. The molecule has 110 valence electrons. The average molecular weight is 299 g/mol. The summed E-state index contributed by atoms with van der Waals surface area (Å²) >= 11 is 0. The summed E-state index contributed by atoms with van der Waals surface area (Å²) in [6, 6.07) is 5.79. The Morgan fingerprint density at radius 3 is 2.80 bits per heavy atom. The van der Waals surface area contributed by atoms with Crippen molar-refractivity contribution in [2.45, 2.75) is 19.4 Å². The molecule has 1 aromatic carbocycles. The fourth-order valence-corrected chi connectivity index (χ4v) is 3.85. The molecule has 1 aliphatic rings. The number of carboxylic acids is 1. The molecule has 0 aromatic heterocycles. The highest BCUT2D eigenvalue weighted by Crippen LogP contribution is 2.34. The summed E-state index contributed by atoms with van der Waals surface area (Å²) in [7, 11) is -3.71. The van der Waals surface area contributed by atoms with E-state index in [2.05, 4.69) is 0 Å². The van der Waals surface area contributed by atoms with Crippen molar-refractivity contribution in [3.05, 3.63) is 29.8 Å². The number of aliphatic carboxylic acids is 1. The molecule has 0 saturated heterocycles. The van der Waals surface area contributed by atoms with E-state index in [1.807, 2.05) is 0 Å². The van der Waals surface area contributed by atoms with Gasteiger partial charge in [-0.25, -0.2) is 13.2 Å². The third-order valence-corrected chi connectivity index (χ3v) is 4.93. The average Bonchev–Trinajstić information content (AvgIpc) is 2.79. The van der Waals surface area contributed by atoms with Crippen LogP contribution in [0.25, 0.3) is 0 Å². The maximum atomic E-state index is 12.4. The van der Waals surface area contributed by atoms with Gasteiger partial charge in [0, 0.05) is 13.0 Å². The first kappa shape index (κ1) is 14.8. The number of para-hydroxylation sites is 1. The number of ether oxygens (including phenoxy) is 1. The molecular weight excluding hydrogens is 282 g/mol. The Morgan fingerprint density at radius 1 is 1.45 bits per heavy atom. The van der Waals surface area contributed by atoms with E-state index >= 15 is 0 Å². The maximum Gasteiger partial charge on any atom is 0.327 e.